The second-order valence-corrected chi connectivity index (χ2v) is 6.95. The van der Waals surface area contributed by atoms with E-state index in [4.69, 9.17) is 0 Å². The predicted octanol–water partition coefficient (Wildman–Crippen LogP) is 4.63. The molecule has 0 saturated carbocycles. The van der Waals surface area contributed by atoms with Crippen LogP contribution >= 0.6 is 11.8 Å². The molecule has 1 rings (SSSR count). The van der Waals surface area contributed by atoms with E-state index in [9.17, 15) is 0 Å². The van der Waals surface area contributed by atoms with Crippen LogP contribution in [0.3, 0.4) is 0 Å². The van der Waals surface area contributed by atoms with E-state index in [2.05, 4.69) is 58.1 Å². The van der Waals surface area contributed by atoms with Gasteiger partial charge in [-0.1, -0.05) is 45.4 Å². The molecule has 2 heteroatoms. The van der Waals surface area contributed by atoms with Gasteiger partial charge in [-0.15, -0.1) is 11.8 Å². The monoisotopic (exact) mass is 265 g/mol. The molecule has 0 amide bonds. The number of hydrogen-bond acceptors (Lipinski definition) is 2. The van der Waals surface area contributed by atoms with Gasteiger partial charge in [-0.2, -0.15) is 0 Å². The fraction of sp³-hybridized carbons (Fsp3) is 0.625. The van der Waals surface area contributed by atoms with Gasteiger partial charge in [0.2, 0.25) is 0 Å². The summed E-state index contributed by atoms with van der Waals surface area (Å²) >= 11 is 2.00. The van der Waals surface area contributed by atoms with E-state index in [1.54, 1.807) is 0 Å². The van der Waals surface area contributed by atoms with E-state index in [1.807, 2.05) is 11.8 Å². The zero-order chi connectivity index (χ0) is 13.5. The standard InChI is InChI=1S/C16H27NS/c1-6-14(5)18-16-8-7-13(4)9-15(16)11-17-10-12(2)3/h7-9,12,14,17H,6,10-11H2,1-5H3. The van der Waals surface area contributed by atoms with Crippen molar-refractivity contribution < 1.29 is 0 Å². The van der Waals surface area contributed by atoms with E-state index in [0.717, 1.165) is 13.1 Å². The summed E-state index contributed by atoms with van der Waals surface area (Å²) in [7, 11) is 0. The topological polar surface area (TPSA) is 12.0 Å². The third-order valence-corrected chi connectivity index (χ3v) is 4.38. The smallest absolute Gasteiger partial charge is 0.0216 e. The first-order chi connectivity index (χ1) is 8.52. The van der Waals surface area contributed by atoms with Crippen molar-refractivity contribution in [2.24, 2.45) is 5.92 Å². The largest absolute Gasteiger partial charge is 0.312 e. The average Bonchev–Trinajstić information content (AvgIpc) is 2.31. The molecule has 1 unspecified atom stereocenters. The third kappa shape index (κ3) is 5.45. The third-order valence-electron chi connectivity index (χ3n) is 2.99. The minimum absolute atomic E-state index is 0.691. The summed E-state index contributed by atoms with van der Waals surface area (Å²) < 4.78 is 0. The van der Waals surface area contributed by atoms with Gasteiger partial charge in [0.25, 0.3) is 0 Å². The summed E-state index contributed by atoms with van der Waals surface area (Å²) in [5.41, 5.74) is 2.80. The Morgan fingerprint density at radius 3 is 2.56 bits per heavy atom. The van der Waals surface area contributed by atoms with Crippen LogP contribution in [-0.2, 0) is 6.54 Å². The van der Waals surface area contributed by atoms with Crippen molar-refractivity contribution in [3.63, 3.8) is 0 Å². The van der Waals surface area contributed by atoms with Gasteiger partial charge < -0.3 is 5.32 Å². The van der Waals surface area contributed by atoms with E-state index < -0.39 is 0 Å². The predicted molar refractivity (Wildman–Crippen MR) is 83.3 cm³/mol. The van der Waals surface area contributed by atoms with Gasteiger partial charge in [0.15, 0.2) is 0 Å². The Labute approximate surface area is 117 Å². The molecule has 102 valence electrons. The lowest BCUT2D eigenvalue weighted by molar-refractivity contribution is 0.550. The van der Waals surface area contributed by atoms with Gasteiger partial charge >= 0.3 is 0 Å². The van der Waals surface area contributed by atoms with Crippen LogP contribution in [0.2, 0.25) is 0 Å². The van der Waals surface area contributed by atoms with Crippen LogP contribution in [0.15, 0.2) is 23.1 Å². The average molecular weight is 265 g/mol. The fourth-order valence-corrected chi connectivity index (χ4v) is 2.79. The molecular formula is C16H27NS. The Hall–Kier alpha value is -0.470. The van der Waals surface area contributed by atoms with Gasteiger partial charge in [0.05, 0.1) is 0 Å². The summed E-state index contributed by atoms with van der Waals surface area (Å²) in [5, 5.41) is 4.24. The molecule has 1 N–H and O–H groups in total. The molecule has 1 aromatic carbocycles. The second kappa shape index (κ2) is 7.85. The minimum Gasteiger partial charge on any atom is -0.312 e. The molecule has 0 aliphatic carbocycles. The Morgan fingerprint density at radius 1 is 1.22 bits per heavy atom. The highest BCUT2D eigenvalue weighted by Crippen LogP contribution is 2.29. The molecule has 0 radical (unpaired) electrons. The first kappa shape index (κ1) is 15.6. The lowest BCUT2D eigenvalue weighted by Crippen LogP contribution is -2.19. The van der Waals surface area contributed by atoms with Gasteiger partial charge in [-0.25, -0.2) is 0 Å². The van der Waals surface area contributed by atoms with E-state index in [-0.39, 0.29) is 0 Å². The first-order valence-electron chi connectivity index (χ1n) is 6.99. The summed E-state index contributed by atoms with van der Waals surface area (Å²) in [4.78, 5) is 1.44. The molecular weight excluding hydrogens is 238 g/mol. The van der Waals surface area contributed by atoms with Gasteiger partial charge in [-0.3, -0.25) is 0 Å². The quantitative estimate of drug-likeness (QED) is 0.721. The normalized spacial score (nSPS) is 13.0. The number of aryl methyl sites for hydroxylation is 1. The van der Waals surface area contributed by atoms with Crippen molar-refractivity contribution >= 4 is 11.8 Å². The summed E-state index contributed by atoms with van der Waals surface area (Å²) in [6.45, 7) is 13.3. The Kier molecular flexibility index (Phi) is 6.80. The van der Waals surface area contributed by atoms with Crippen molar-refractivity contribution in [1.29, 1.82) is 0 Å². The summed E-state index contributed by atoms with van der Waals surface area (Å²) in [5.74, 6) is 0.709. The molecule has 0 aliphatic heterocycles. The summed E-state index contributed by atoms with van der Waals surface area (Å²) in [6.07, 6.45) is 1.22. The maximum Gasteiger partial charge on any atom is 0.0216 e. The maximum absolute atomic E-state index is 3.55. The lowest BCUT2D eigenvalue weighted by atomic mass is 10.1. The number of hydrogen-bond donors (Lipinski definition) is 1. The highest BCUT2D eigenvalue weighted by Gasteiger charge is 2.07. The maximum atomic E-state index is 3.55. The van der Waals surface area contributed by atoms with Crippen LogP contribution < -0.4 is 5.32 Å². The van der Waals surface area contributed by atoms with Gasteiger partial charge in [0.1, 0.15) is 0 Å². The summed E-state index contributed by atoms with van der Waals surface area (Å²) in [6, 6.07) is 6.81. The SMILES string of the molecule is CCC(C)Sc1ccc(C)cc1CNCC(C)C. The van der Waals surface area contributed by atoms with E-state index >= 15 is 0 Å². The van der Waals surface area contributed by atoms with Crippen molar-refractivity contribution in [3.8, 4) is 0 Å². The number of rotatable bonds is 7. The van der Waals surface area contributed by atoms with Gasteiger partial charge in [0, 0.05) is 16.7 Å². The molecule has 0 saturated heterocycles. The number of benzene rings is 1. The molecule has 1 aromatic rings. The van der Waals surface area contributed by atoms with Crippen LogP contribution in [0.4, 0.5) is 0 Å². The number of thioether (sulfide) groups is 1. The Morgan fingerprint density at radius 2 is 1.94 bits per heavy atom. The van der Waals surface area contributed by atoms with Gasteiger partial charge in [-0.05, 0) is 37.4 Å². The van der Waals surface area contributed by atoms with Crippen molar-refractivity contribution in [1.82, 2.24) is 5.32 Å². The van der Waals surface area contributed by atoms with Crippen LogP contribution in [0.1, 0.15) is 45.2 Å². The molecule has 1 nitrogen and oxygen atoms in total. The molecule has 0 aromatic heterocycles. The van der Waals surface area contributed by atoms with Crippen molar-refractivity contribution in [2.45, 2.75) is 57.7 Å². The minimum atomic E-state index is 0.691. The van der Waals surface area contributed by atoms with E-state index in [0.29, 0.717) is 11.2 Å². The molecule has 18 heavy (non-hydrogen) atoms. The Balaban J connectivity index is 2.70. The van der Waals surface area contributed by atoms with Crippen molar-refractivity contribution in [2.75, 3.05) is 6.54 Å². The van der Waals surface area contributed by atoms with Crippen LogP contribution in [0, 0.1) is 12.8 Å². The van der Waals surface area contributed by atoms with Crippen LogP contribution in [-0.4, -0.2) is 11.8 Å². The molecule has 0 heterocycles. The zero-order valence-electron chi connectivity index (χ0n) is 12.4. The van der Waals surface area contributed by atoms with Crippen LogP contribution in [0.5, 0.6) is 0 Å². The van der Waals surface area contributed by atoms with E-state index in [1.165, 1.54) is 22.4 Å². The molecule has 1 atom stereocenters. The molecule has 0 fully saturated rings. The molecule has 0 aliphatic rings. The first-order valence-corrected chi connectivity index (χ1v) is 7.87. The molecule has 0 spiro atoms. The fourth-order valence-electron chi connectivity index (χ4n) is 1.76. The number of nitrogens with one attached hydrogen (secondary N) is 1. The van der Waals surface area contributed by atoms with Crippen LogP contribution in [0.25, 0.3) is 0 Å². The highest BCUT2D eigenvalue weighted by atomic mass is 32.2. The highest BCUT2D eigenvalue weighted by molar-refractivity contribution is 8.00. The Bertz CT molecular complexity index is 360. The second-order valence-electron chi connectivity index (χ2n) is 5.47. The molecule has 0 bridgehead atoms. The zero-order valence-corrected chi connectivity index (χ0v) is 13.2. The lowest BCUT2D eigenvalue weighted by Gasteiger charge is -2.15. The van der Waals surface area contributed by atoms with Crippen molar-refractivity contribution in [3.05, 3.63) is 29.3 Å².